The molecule has 0 saturated heterocycles. The summed E-state index contributed by atoms with van der Waals surface area (Å²) < 4.78 is 4.69. The lowest BCUT2D eigenvalue weighted by atomic mass is 10.1. The van der Waals surface area contributed by atoms with Crippen LogP contribution in [0.5, 0.6) is 0 Å². The average Bonchev–Trinajstić information content (AvgIpc) is 2.27. The van der Waals surface area contributed by atoms with Gasteiger partial charge in [0.05, 0.1) is 6.61 Å². The molecule has 82 valence electrons. The first-order valence-electron chi connectivity index (χ1n) is 4.72. The van der Waals surface area contributed by atoms with E-state index < -0.39 is 5.97 Å². The first-order valence-corrected chi connectivity index (χ1v) is 5.13. The third kappa shape index (κ3) is 3.37. The van der Waals surface area contributed by atoms with Gasteiger partial charge in [-0.15, -0.1) is 0 Å². The van der Waals surface area contributed by atoms with Crippen molar-refractivity contribution in [2.45, 2.75) is 6.92 Å². The predicted molar refractivity (Wildman–Crippen MR) is 65.8 cm³/mol. The van der Waals surface area contributed by atoms with E-state index in [-0.39, 0.29) is 4.99 Å². The highest BCUT2D eigenvalue weighted by atomic mass is 32.1. The van der Waals surface area contributed by atoms with E-state index in [0.717, 1.165) is 0 Å². The van der Waals surface area contributed by atoms with Crippen molar-refractivity contribution < 1.29 is 9.53 Å². The third-order valence-electron chi connectivity index (χ3n) is 1.77. The number of carbonyl (C=O) groups is 1. The fourth-order valence-corrected chi connectivity index (χ4v) is 1.27. The second kappa shape index (κ2) is 5.89. The first kappa shape index (κ1) is 12.2. The maximum absolute atomic E-state index is 11.0. The highest BCUT2D eigenvalue weighted by molar-refractivity contribution is 7.80. The normalized spacial score (nSPS) is 8.81. The van der Waals surface area contributed by atoms with Gasteiger partial charge in [-0.05, 0) is 13.0 Å². The number of hydrogen-bond acceptors (Lipinski definition) is 3. The van der Waals surface area contributed by atoms with Crippen LogP contribution in [0.3, 0.4) is 0 Å². The van der Waals surface area contributed by atoms with Crippen LogP contribution in [-0.2, 0) is 9.53 Å². The summed E-state index contributed by atoms with van der Waals surface area (Å²) >= 11 is 4.87. The van der Waals surface area contributed by atoms with Crippen molar-refractivity contribution in [2.24, 2.45) is 5.73 Å². The minimum Gasteiger partial charge on any atom is -0.456 e. The van der Waals surface area contributed by atoms with Crippen molar-refractivity contribution in [1.82, 2.24) is 0 Å². The fraction of sp³-hybridized carbons (Fsp3) is 0.167. The molecule has 3 nitrogen and oxygen atoms in total. The number of benzene rings is 1. The SMILES string of the molecule is CCOC(=O)C#Cc1ccccc1C(N)=S. The fourth-order valence-electron chi connectivity index (χ4n) is 1.09. The molecular weight excluding hydrogens is 222 g/mol. The minimum atomic E-state index is -0.555. The number of hydrogen-bond donors (Lipinski definition) is 1. The van der Waals surface area contributed by atoms with Crippen molar-refractivity contribution in [1.29, 1.82) is 0 Å². The third-order valence-corrected chi connectivity index (χ3v) is 1.99. The van der Waals surface area contributed by atoms with Gasteiger partial charge < -0.3 is 10.5 Å². The Labute approximate surface area is 99.6 Å². The number of thiocarbonyl (C=S) groups is 1. The van der Waals surface area contributed by atoms with Crippen LogP contribution < -0.4 is 5.73 Å². The molecule has 0 aromatic heterocycles. The Morgan fingerprint density at radius 2 is 2.19 bits per heavy atom. The van der Waals surface area contributed by atoms with Gasteiger partial charge in [-0.2, -0.15) is 0 Å². The Morgan fingerprint density at radius 3 is 2.81 bits per heavy atom. The van der Waals surface area contributed by atoms with Gasteiger partial charge in [-0.25, -0.2) is 4.79 Å². The summed E-state index contributed by atoms with van der Waals surface area (Å²) in [6.45, 7) is 2.03. The summed E-state index contributed by atoms with van der Waals surface area (Å²) in [6.07, 6.45) is 0. The Hall–Kier alpha value is -1.86. The topological polar surface area (TPSA) is 52.3 Å². The summed E-state index contributed by atoms with van der Waals surface area (Å²) in [7, 11) is 0. The number of rotatable bonds is 2. The van der Waals surface area contributed by atoms with Crippen LogP contribution in [0.2, 0.25) is 0 Å². The zero-order chi connectivity index (χ0) is 12.0. The predicted octanol–water partition coefficient (Wildman–Crippen LogP) is 1.24. The number of nitrogens with two attached hydrogens (primary N) is 1. The molecule has 0 bridgehead atoms. The molecule has 0 unspecified atom stereocenters. The quantitative estimate of drug-likeness (QED) is 0.474. The summed E-state index contributed by atoms with van der Waals surface area (Å²) in [5.41, 5.74) is 6.82. The second-order valence-electron chi connectivity index (χ2n) is 2.88. The van der Waals surface area contributed by atoms with E-state index in [9.17, 15) is 4.79 Å². The average molecular weight is 233 g/mol. The van der Waals surface area contributed by atoms with Crippen LogP contribution in [0.15, 0.2) is 24.3 Å². The Kier molecular flexibility index (Phi) is 4.49. The zero-order valence-corrected chi connectivity index (χ0v) is 9.64. The number of esters is 1. The summed E-state index contributed by atoms with van der Waals surface area (Å²) in [4.78, 5) is 11.3. The summed E-state index contributed by atoms with van der Waals surface area (Å²) in [5, 5.41) is 0. The van der Waals surface area contributed by atoms with Crippen molar-refractivity contribution in [3.8, 4) is 11.8 Å². The van der Waals surface area contributed by atoms with Crippen molar-refractivity contribution in [3.63, 3.8) is 0 Å². The molecule has 1 rings (SSSR count). The standard InChI is InChI=1S/C12H11NO2S/c1-2-15-11(14)8-7-9-5-3-4-6-10(9)12(13)16/h3-6H,2H2,1H3,(H2,13,16). The molecule has 0 aliphatic heterocycles. The molecule has 0 aliphatic rings. The van der Waals surface area contributed by atoms with E-state index in [1.165, 1.54) is 0 Å². The molecule has 0 saturated carbocycles. The van der Waals surface area contributed by atoms with Gasteiger partial charge in [0.15, 0.2) is 0 Å². The number of carbonyl (C=O) groups excluding carboxylic acids is 1. The maximum Gasteiger partial charge on any atom is 0.384 e. The number of ether oxygens (including phenoxy) is 1. The molecule has 0 spiro atoms. The highest BCUT2D eigenvalue weighted by Gasteiger charge is 2.01. The lowest BCUT2D eigenvalue weighted by molar-refractivity contribution is -0.136. The molecule has 0 fully saturated rings. The Balaban J connectivity index is 2.96. The van der Waals surface area contributed by atoms with Gasteiger partial charge in [-0.1, -0.05) is 36.3 Å². The lowest BCUT2D eigenvalue weighted by Gasteiger charge is -2.00. The molecule has 0 heterocycles. The minimum absolute atomic E-state index is 0.258. The van der Waals surface area contributed by atoms with Gasteiger partial charge in [0, 0.05) is 17.0 Å². The van der Waals surface area contributed by atoms with Gasteiger partial charge in [0.2, 0.25) is 0 Å². The molecule has 2 N–H and O–H groups in total. The van der Waals surface area contributed by atoms with Crippen molar-refractivity contribution in [3.05, 3.63) is 35.4 Å². The highest BCUT2D eigenvalue weighted by Crippen LogP contribution is 2.06. The van der Waals surface area contributed by atoms with E-state index in [4.69, 9.17) is 18.0 Å². The van der Waals surface area contributed by atoms with Gasteiger partial charge in [0.1, 0.15) is 4.99 Å². The first-order chi connectivity index (χ1) is 7.65. The monoisotopic (exact) mass is 233 g/mol. The van der Waals surface area contributed by atoms with Crippen LogP contribution in [0.4, 0.5) is 0 Å². The molecule has 0 aliphatic carbocycles. The van der Waals surface area contributed by atoms with Crippen LogP contribution in [-0.4, -0.2) is 17.6 Å². The van der Waals surface area contributed by atoms with Crippen LogP contribution in [0.1, 0.15) is 18.1 Å². The summed E-state index contributed by atoms with van der Waals surface area (Å²) in [6, 6.07) is 7.12. The molecule has 0 amide bonds. The van der Waals surface area contributed by atoms with Crippen LogP contribution in [0.25, 0.3) is 0 Å². The Morgan fingerprint density at radius 1 is 1.50 bits per heavy atom. The van der Waals surface area contributed by atoms with Crippen LogP contribution in [0, 0.1) is 11.8 Å². The molecule has 0 radical (unpaired) electrons. The van der Waals surface area contributed by atoms with Crippen molar-refractivity contribution in [2.75, 3.05) is 6.61 Å². The van der Waals surface area contributed by atoms with Crippen molar-refractivity contribution >= 4 is 23.2 Å². The van der Waals surface area contributed by atoms with E-state index in [0.29, 0.717) is 17.7 Å². The zero-order valence-electron chi connectivity index (χ0n) is 8.82. The lowest BCUT2D eigenvalue weighted by Crippen LogP contribution is -2.11. The van der Waals surface area contributed by atoms with E-state index in [1.54, 1.807) is 25.1 Å². The molecule has 4 heteroatoms. The van der Waals surface area contributed by atoms with Crippen LogP contribution >= 0.6 is 12.2 Å². The van der Waals surface area contributed by atoms with Gasteiger partial charge in [0.25, 0.3) is 0 Å². The largest absolute Gasteiger partial charge is 0.456 e. The van der Waals surface area contributed by atoms with E-state index in [1.807, 2.05) is 6.07 Å². The molecule has 16 heavy (non-hydrogen) atoms. The van der Waals surface area contributed by atoms with Gasteiger partial charge in [-0.3, -0.25) is 0 Å². The molecule has 0 atom stereocenters. The maximum atomic E-state index is 11.0. The molecule has 1 aromatic rings. The molecular formula is C12H11NO2S. The van der Waals surface area contributed by atoms with Gasteiger partial charge >= 0.3 is 5.97 Å². The second-order valence-corrected chi connectivity index (χ2v) is 3.32. The van der Waals surface area contributed by atoms with E-state index >= 15 is 0 Å². The summed E-state index contributed by atoms with van der Waals surface area (Å²) in [5.74, 6) is 4.50. The Bertz CT molecular complexity index is 471. The smallest absolute Gasteiger partial charge is 0.384 e. The van der Waals surface area contributed by atoms with E-state index in [2.05, 4.69) is 16.6 Å². The molecule has 1 aromatic carbocycles.